The minimum absolute atomic E-state index is 0.203. The zero-order valence-corrected chi connectivity index (χ0v) is 14.6. The molecule has 0 bridgehead atoms. The largest absolute Gasteiger partial charge is 0.387 e. The fourth-order valence-electron chi connectivity index (χ4n) is 2.42. The Bertz CT molecular complexity index is 653. The topological polar surface area (TPSA) is 67.2 Å². The Hall–Kier alpha value is -1.79. The van der Waals surface area contributed by atoms with E-state index in [1.807, 2.05) is 43.5 Å². The second kappa shape index (κ2) is 7.66. The van der Waals surface area contributed by atoms with Gasteiger partial charge in [-0.2, -0.15) is 16.9 Å². The summed E-state index contributed by atoms with van der Waals surface area (Å²) in [6.45, 7) is 3.93. The van der Waals surface area contributed by atoms with Crippen LogP contribution in [0, 0.1) is 0 Å². The highest BCUT2D eigenvalue weighted by Gasteiger charge is 2.23. The van der Waals surface area contributed by atoms with E-state index in [4.69, 9.17) is 0 Å². The van der Waals surface area contributed by atoms with E-state index in [0.717, 1.165) is 11.4 Å². The second-order valence-electron chi connectivity index (χ2n) is 5.72. The van der Waals surface area contributed by atoms with E-state index in [1.165, 1.54) is 0 Å². The van der Waals surface area contributed by atoms with Crippen LogP contribution in [-0.4, -0.2) is 44.9 Å². The van der Waals surface area contributed by atoms with Crippen molar-refractivity contribution in [2.45, 2.75) is 25.9 Å². The van der Waals surface area contributed by atoms with Gasteiger partial charge >= 0.3 is 0 Å². The van der Waals surface area contributed by atoms with Crippen molar-refractivity contribution in [1.82, 2.24) is 15.1 Å². The fraction of sp³-hybridized carbons (Fsp3) is 0.412. The lowest BCUT2D eigenvalue weighted by Crippen LogP contribution is -2.42. The van der Waals surface area contributed by atoms with Crippen molar-refractivity contribution in [2.75, 3.05) is 18.6 Å². The van der Waals surface area contributed by atoms with E-state index in [1.54, 1.807) is 29.6 Å². The average molecular weight is 333 g/mol. The van der Waals surface area contributed by atoms with Gasteiger partial charge in [-0.3, -0.25) is 4.79 Å². The van der Waals surface area contributed by atoms with Gasteiger partial charge < -0.3 is 10.4 Å². The van der Waals surface area contributed by atoms with Crippen molar-refractivity contribution in [2.24, 2.45) is 0 Å². The summed E-state index contributed by atoms with van der Waals surface area (Å²) in [5.41, 5.74) is 1.42. The predicted molar refractivity (Wildman–Crippen MR) is 94.3 cm³/mol. The van der Waals surface area contributed by atoms with Gasteiger partial charge in [0.1, 0.15) is 0 Å². The molecule has 1 amide bonds. The molecule has 0 aliphatic heterocycles. The Morgan fingerprint density at radius 3 is 2.70 bits per heavy atom. The summed E-state index contributed by atoms with van der Waals surface area (Å²) in [6, 6.07) is 9.74. The number of nitrogens with zero attached hydrogens (tertiary/aromatic N) is 2. The van der Waals surface area contributed by atoms with Gasteiger partial charge in [-0.25, -0.2) is 4.68 Å². The van der Waals surface area contributed by atoms with Crippen molar-refractivity contribution in [3.8, 4) is 5.69 Å². The third-order valence-electron chi connectivity index (χ3n) is 3.53. The first-order valence-electron chi connectivity index (χ1n) is 7.60. The Morgan fingerprint density at radius 2 is 2.09 bits per heavy atom. The monoisotopic (exact) mass is 333 g/mol. The molecule has 1 heterocycles. The first-order chi connectivity index (χ1) is 11.0. The normalized spacial score (nSPS) is 13.6. The first-order valence-corrected chi connectivity index (χ1v) is 8.99. The number of carbonyl (C=O) groups excluding carboxylic acids is 1. The van der Waals surface area contributed by atoms with Crippen molar-refractivity contribution in [1.29, 1.82) is 0 Å². The molecule has 0 spiro atoms. The van der Waals surface area contributed by atoms with Gasteiger partial charge in [0.05, 0.1) is 28.7 Å². The minimum atomic E-state index is -0.920. The Balaban J connectivity index is 2.17. The summed E-state index contributed by atoms with van der Waals surface area (Å²) in [5.74, 6) is 0.363. The number of aliphatic hydroxyl groups is 1. The molecule has 124 valence electrons. The molecule has 0 saturated heterocycles. The molecule has 1 atom stereocenters. The maximum atomic E-state index is 12.4. The van der Waals surface area contributed by atoms with Crippen LogP contribution < -0.4 is 5.32 Å². The maximum Gasteiger partial charge on any atom is 0.254 e. The third-order valence-corrected chi connectivity index (χ3v) is 4.44. The van der Waals surface area contributed by atoms with Gasteiger partial charge in [-0.1, -0.05) is 25.1 Å². The molecule has 0 saturated carbocycles. The number of nitrogens with one attached hydrogen (secondary N) is 1. The van der Waals surface area contributed by atoms with Crippen LogP contribution in [0.3, 0.4) is 0 Å². The second-order valence-corrected chi connectivity index (χ2v) is 6.58. The molecule has 1 aromatic carbocycles. The number of benzene rings is 1. The van der Waals surface area contributed by atoms with Crippen LogP contribution in [0.4, 0.5) is 0 Å². The smallest absolute Gasteiger partial charge is 0.254 e. The van der Waals surface area contributed by atoms with E-state index in [-0.39, 0.29) is 12.5 Å². The molecular weight excluding hydrogens is 310 g/mol. The van der Waals surface area contributed by atoms with E-state index in [0.29, 0.717) is 17.7 Å². The van der Waals surface area contributed by atoms with E-state index in [9.17, 15) is 9.90 Å². The Kier molecular flexibility index (Phi) is 5.85. The zero-order valence-electron chi connectivity index (χ0n) is 13.7. The average Bonchev–Trinajstić information content (AvgIpc) is 2.97. The molecule has 23 heavy (non-hydrogen) atoms. The molecule has 0 radical (unpaired) electrons. The van der Waals surface area contributed by atoms with Gasteiger partial charge in [-0.15, -0.1) is 0 Å². The number of hydrogen-bond acceptors (Lipinski definition) is 4. The van der Waals surface area contributed by atoms with Crippen LogP contribution >= 0.6 is 11.8 Å². The number of thioether (sulfide) groups is 1. The highest BCUT2D eigenvalue weighted by molar-refractivity contribution is 7.98. The fourth-order valence-corrected chi connectivity index (χ4v) is 3.15. The molecule has 5 nitrogen and oxygen atoms in total. The van der Waals surface area contributed by atoms with Crippen molar-refractivity contribution < 1.29 is 9.90 Å². The molecule has 2 N–H and O–H groups in total. The number of hydrogen-bond donors (Lipinski definition) is 2. The Labute approximate surface area is 141 Å². The SMILES string of the molecule is CCc1c(C(=O)NCC(C)(O)CSC)cnn1-c1ccccc1. The van der Waals surface area contributed by atoms with E-state index >= 15 is 0 Å². The molecule has 2 aromatic rings. The molecule has 0 aliphatic carbocycles. The predicted octanol–water partition coefficient (Wildman–Crippen LogP) is 2.28. The van der Waals surface area contributed by atoms with Crippen LogP contribution in [-0.2, 0) is 6.42 Å². The molecular formula is C17H23N3O2S. The first kappa shape index (κ1) is 17.6. The number of aromatic nitrogens is 2. The van der Waals surface area contributed by atoms with Gasteiger partial charge in [-0.05, 0) is 31.7 Å². The van der Waals surface area contributed by atoms with Gasteiger partial charge in [0.2, 0.25) is 0 Å². The molecule has 2 rings (SSSR count). The number of para-hydroxylation sites is 1. The molecule has 0 fully saturated rings. The molecule has 1 unspecified atom stereocenters. The molecule has 0 aliphatic rings. The lowest BCUT2D eigenvalue weighted by atomic mass is 10.1. The highest BCUT2D eigenvalue weighted by Crippen LogP contribution is 2.16. The van der Waals surface area contributed by atoms with E-state index < -0.39 is 5.60 Å². The van der Waals surface area contributed by atoms with Gasteiger partial charge in [0.15, 0.2) is 0 Å². The lowest BCUT2D eigenvalue weighted by Gasteiger charge is -2.22. The standard InChI is InChI=1S/C17H23N3O2S/c1-4-15-14(16(21)18-11-17(2,22)12-23-3)10-19-20(15)13-8-6-5-7-9-13/h5-10,22H,4,11-12H2,1-3H3,(H,18,21). The Morgan fingerprint density at radius 1 is 1.39 bits per heavy atom. The number of carbonyl (C=O) groups is 1. The minimum Gasteiger partial charge on any atom is -0.387 e. The summed E-state index contributed by atoms with van der Waals surface area (Å²) in [4.78, 5) is 12.4. The van der Waals surface area contributed by atoms with E-state index in [2.05, 4.69) is 10.4 Å². The molecule has 6 heteroatoms. The summed E-state index contributed by atoms with van der Waals surface area (Å²) < 4.78 is 1.79. The number of rotatable bonds is 7. The highest BCUT2D eigenvalue weighted by atomic mass is 32.2. The van der Waals surface area contributed by atoms with Crippen molar-refractivity contribution in [3.05, 3.63) is 47.8 Å². The van der Waals surface area contributed by atoms with Gasteiger partial charge in [0.25, 0.3) is 5.91 Å². The quantitative estimate of drug-likeness (QED) is 0.816. The lowest BCUT2D eigenvalue weighted by molar-refractivity contribution is 0.0724. The summed E-state index contributed by atoms with van der Waals surface area (Å²) in [5, 5.41) is 17.3. The van der Waals surface area contributed by atoms with Crippen LogP contribution in [0.25, 0.3) is 5.69 Å². The third kappa shape index (κ3) is 4.36. The van der Waals surface area contributed by atoms with Crippen molar-refractivity contribution >= 4 is 17.7 Å². The maximum absolute atomic E-state index is 12.4. The summed E-state index contributed by atoms with van der Waals surface area (Å²) >= 11 is 1.55. The van der Waals surface area contributed by atoms with Crippen LogP contribution in [0.2, 0.25) is 0 Å². The number of amides is 1. The van der Waals surface area contributed by atoms with Crippen LogP contribution in [0.1, 0.15) is 29.9 Å². The molecule has 1 aromatic heterocycles. The van der Waals surface area contributed by atoms with Gasteiger partial charge in [0, 0.05) is 12.3 Å². The van der Waals surface area contributed by atoms with Crippen LogP contribution in [0.15, 0.2) is 36.5 Å². The zero-order chi connectivity index (χ0) is 16.9. The summed E-state index contributed by atoms with van der Waals surface area (Å²) in [7, 11) is 0. The summed E-state index contributed by atoms with van der Waals surface area (Å²) in [6.07, 6.45) is 4.21. The van der Waals surface area contributed by atoms with Crippen LogP contribution in [0.5, 0.6) is 0 Å². The van der Waals surface area contributed by atoms with Crippen molar-refractivity contribution in [3.63, 3.8) is 0 Å².